The number of hydrogen-bond donors (Lipinski definition) is 2. The number of rotatable bonds is 8. The number of anilines is 2. The summed E-state index contributed by atoms with van der Waals surface area (Å²) < 4.78 is 2.69. The molecule has 0 saturated carbocycles. The Morgan fingerprint density at radius 2 is 1.97 bits per heavy atom. The van der Waals surface area contributed by atoms with Crippen molar-refractivity contribution >= 4 is 45.0 Å². The first-order chi connectivity index (χ1) is 15.5. The summed E-state index contributed by atoms with van der Waals surface area (Å²) in [4.78, 5) is 27.4. The minimum Gasteiger partial charge on any atom is -0.368 e. The molecule has 0 amide bonds. The monoisotopic (exact) mass is 514 g/mol. The first-order valence-electron chi connectivity index (χ1n) is 9.40. The van der Waals surface area contributed by atoms with Gasteiger partial charge >= 0.3 is 0 Å². The Morgan fingerprint density at radius 3 is 2.66 bits per heavy atom. The van der Waals surface area contributed by atoms with Gasteiger partial charge in [0.15, 0.2) is 0 Å². The molecule has 1 aromatic carbocycles. The molecule has 3 heterocycles. The van der Waals surface area contributed by atoms with E-state index in [-0.39, 0.29) is 5.69 Å². The highest BCUT2D eigenvalue weighted by Gasteiger charge is 2.14. The Kier molecular flexibility index (Phi) is 6.57. The van der Waals surface area contributed by atoms with E-state index < -0.39 is 4.92 Å². The van der Waals surface area contributed by atoms with Crippen LogP contribution in [0.15, 0.2) is 65.9 Å². The fourth-order valence-electron chi connectivity index (χ4n) is 2.89. The van der Waals surface area contributed by atoms with Crippen molar-refractivity contribution in [3.05, 3.63) is 81.1 Å². The van der Waals surface area contributed by atoms with Gasteiger partial charge in [0, 0.05) is 41.6 Å². The Bertz CT molecular complexity index is 1240. The van der Waals surface area contributed by atoms with Gasteiger partial charge in [-0.1, -0.05) is 33.6 Å². The Hall–Kier alpha value is -3.57. The highest BCUT2D eigenvalue weighted by Crippen LogP contribution is 2.33. The molecule has 0 aliphatic carbocycles. The van der Waals surface area contributed by atoms with Crippen LogP contribution in [0, 0.1) is 10.1 Å². The van der Waals surface area contributed by atoms with Crippen molar-refractivity contribution in [2.75, 3.05) is 23.7 Å². The lowest BCUT2D eigenvalue weighted by Gasteiger charge is -2.13. The van der Waals surface area contributed by atoms with Gasteiger partial charge in [0.25, 0.3) is 5.69 Å². The zero-order chi connectivity index (χ0) is 22.5. The molecular formula is C20H16BrClN8O2. The lowest BCUT2D eigenvalue weighted by Crippen LogP contribution is -2.16. The molecule has 0 radical (unpaired) electrons. The van der Waals surface area contributed by atoms with Gasteiger partial charge in [-0.15, -0.1) is 0 Å². The number of nitro groups is 1. The highest BCUT2D eigenvalue weighted by molar-refractivity contribution is 9.10. The molecule has 0 aliphatic rings. The molecule has 2 N–H and O–H groups in total. The van der Waals surface area contributed by atoms with Crippen LogP contribution in [-0.4, -0.2) is 42.5 Å². The SMILES string of the molecule is O=[N+]([O-])c1ccc(NCCNc2ncc(-n3ccnc3)c(-c3ccc(Br)cc3Cl)n2)nc1. The van der Waals surface area contributed by atoms with Gasteiger partial charge in [0.2, 0.25) is 5.95 Å². The first kappa shape index (κ1) is 21.7. The van der Waals surface area contributed by atoms with E-state index >= 15 is 0 Å². The van der Waals surface area contributed by atoms with Crippen molar-refractivity contribution < 1.29 is 4.92 Å². The van der Waals surface area contributed by atoms with Crippen LogP contribution in [0.25, 0.3) is 16.9 Å². The molecule has 0 spiro atoms. The lowest BCUT2D eigenvalue weighted by molar-refractivity contribution is -0.385. The van der Waals surface area contributed by atoms with E-state index in [2.05, 4.69) is 46.5 Å². The number of aromatic nitrogens is 5. The van der Waals surface area contributed by atoms with Gasteiger partial charge in [-0.3, -0.25) is 10.1 Å². The molecule has 0 fully saturated rings. The summed E-state index contributed by atoms with van der Waals surface area (Å²) >= 11 is 9.90. The van der Waals surface area contributed by atoms with Crippen LogP contribution in [0.5, 0.6) is 0 Å². The zero-order valence-corrected chi connectivity index (χ0v) is 18.8. The maximum Gasteiger partial charge on any atom is 0.287 e. The van der Waals surface area contributed by atoms with Crippen LogP contribution in [0.1, 0.15) is 0 Å². The summed E-state index contributed by atoms with van der Waals surface area (Å²) in [6, 6.07) is 8.55. The molecule has 0 saturated heterocycles. The fraction of sp³-hybridized carbons (Fsp3) is 0.100. The molecular weight excluding hydrogens is 500 g/mol. The van der Waals surface area contributed by atoms with E-state index in [1.807, 2.05) is 29.0 Å². The predicted octanol–water partition coefficient (Wildman–Crippen LogP) is 4.57. The van der Waals surface area contributed by atoms with E-state index in [1.54, 1.807) is 24.8 Å². The number of benzene rings is 1. The highest BCUT2D eigenvalue weighted by atomic mass is 79.9. The topological polar surface area (TPSA) is 124 Å². The van der Waals surface area contributed by atoms with Gasteiger partial charge in [0.1, 0.15) is 17.7 Å². The van der Waals surface area contributed by atoms with Gasteiger partial charge < -0.3 is 15.2 Å². The number of imidazole rings is 1. The third-order valence-electron chi connectivity index (χ3n) is 4.41. The summed E-state index contributed by atoms with van der Waals surface area (Å²) in [7, 11) is 0. The van der Waals surface area contributed by atoms with Gasteiger partial charge in [-0.25, -0.2) is 19.9 Å². The first-order valence-corrected chi connectivity index (χ1v) is 10.6. The second-order valence-electron chi connectivity index (χ2n) is 6.53. The average Bonchev–Trinajstić information content (AvgIpc) is 3.32. The normalized spacial score (nSPS) is 10.7. The smallest absolute Gasteiger partial charge is 0.287 e. The van der Waals surface area contributed by atoms with Crippen LogP contribution in [-0.2, 0) is 0 Å². The number of pyridine rings is 1. The second-order valence-corrected chi connectivity index (χ2v) is 7.86. The van der Waals surface area contributed by atoms with Crippen molar-refractivity contribution in [3.8, 4) is 16.9 Å². The predicted molar refractivity (Wildman–Crippen MR) is 125 cm³/mol. The van der Waals surface area contributed by atoms with Crippen molar-refractivity contribution in [2.24, 2.45) is 0 Å². The number of halogens is 2. The van der Waals surface area contributed by atoms with E-state index in [0.717, 1.165) is 15.7 Å². The second kappa shape index (κ2) is 9.71. The van der Waals surface area contributed by atoms with E-state index in [9.17, 15) is 10.1 Å². The largest absolute Gasteiger partial charge is 0.368 e. The molecule has 0 aliphatic heterocycles. The number of hydrogen-bond acceptors (Lipinski definition) is 8. The van der Waals surface area contributed by atoms with Crippen LogP contribution in [0.4, 0.5) is 17.5 Å². The lowest BCUT2D eigenvalue weighted by atomic mass is 10.1. The Morgan fingerprint density at radius 1 is 1.12 bits per heavy atom. The molecule has 0 atom stereocenters. The van der Waals surface area contributed by atoms with Crippen LogP contribution in [0.3, 0.4) is 0 Å². The Labute approximate surface area is 196 Å². The summed E-state index contributed by atoms with van der Waals surface area (Å²) in [6.45, 7) is 1.00. The van der Waals surface area contributed by atoms with Crippen molar-refractivity contribution in [2.45, 2.75) is 0 Å². The van der Waals surface area contributed by atoms with Crippen molar-refractivity contribution in [3.63, 3.8) is 0 Å². The fourth-order valence-corrected chi connectivity index (χ4v) is 3.66. The molecule has 3 aromatic heterocycles. The van der Waals surface area contributed by atoms with E-state index in [0.29, 0.717) is 35.6 Å². The molecule has 0 unspecified atom stereocenters. The van der Waals surface area contributed by atoms with Crippen molar-refractivity contribution in [1.82, 2.24) is 24.5 Å². The van der Waals surface area contributed by atoms with Gasteiger partial charge in [0.05, 0.1) is 28.2 Å². The molecule has 4 aromatic rings. The molecule has 4 rings (SSSR count). The molecule has 10 nitrogen and oxygen atoms in total. The number of nitrogens with one attached hydrogen (secondary N) is 2. The maximum atomic E-state index is 10.7. The Balaban J connectivity index is 1.49. The average molecular weight is 516 g/mol. The number of nitrogens with zero attached hydrogens (tertiary/aromatic N) is 6. The quantitative estimate of drug-likeness (QED) is 0.199. The van der Waals surface area contributed by atoms with Gasteiger partial charge in [-0.05, 0) is 18.2 Å². The van der Waals surface area contributed by atoms with Crippen LogP contribution in [0.2, 0.25) is 5.02 Å². The van der Waals surface area contributed by atoms with E-state index in [1.165, 1.54) is 12.3 Å². The van der Waals surface area contributed by atoms with Crippen LogP contribution >= 0.6 is 27.5 Å². The molecule has 162 valence electrons. The van der Waals surface area contributed by atoms with E-state index in [4.69, 9.17) is 11.6 Å². The maximum absolute atomic E-state index is 10.7. The minimum absolute atomic E-state index is 0.0563. The zero-order valence-electron chi connectivity index (χ0n) is 16.4. The summed E-state index contributed by atoms with van der Waals surface area (Å²) in [6.07, 6.45) is 8.07. The summed E-state index contributed by atoms with van der Waals surface area (Å²) in [5.41, 5.74) is 2.10. The summed E-state index contributed by atoms with van der Waals surface area (Å²) in [5, 5.41) is 17.5. The summed E-state index contributed by atoms with van der Waals surface area (Å²) in [5.74, 6) is 0.970. The standard InChI is InChI=1S/C20H16BrClN8O2/c21-13-1-3-15(16(22)9-13)19-17(29-8-7-23-12-29)11-27-20(28-19)25-6-5-24-18-4-2-14(10-26-18)30(31)32/h1-4,7-12H,5-6H2,(H,24,26)(H,25,27,28). The van der Waals surface area contributed by atoms with Gasteiger partial charge in [-0.2, -0.15) is 0 Å². The molecule has 32 heavy (non-hydrogen) atoms. The molecule has 12 heteroatoms. The van der Waals surface area contributed by atoms with Crippen molar-refractivity contribution in [1.29, 1.82) is 0 Å². The third kappa shape index (κ3) is 5.01. The molecule has 0 bridgehead atoms. The van der Waals surface area contributed by atoms with Crippen LogP contribution < -0.4 is 10.6 Å². The minimum atomic E-state index is -0.488. The third-order valence-corrected chi connectivity index (χ3v) is 5.22.